The van der Waals surface area contributed by atoms with Gasteiger partial charge in [-0.25, -0.2) is 8.78 Å². The fourth-order valence-corrected chi connectivity index (χ4v) is 1.96. The molecule has 1 atom stereocenters. The zero-order valence-corrected chi connectivity index (χ0v) is 11.1. The molecular formula is C14H22F2N2. The predicted molar refractivity (Wildman–Crippen MR) is 70.3 cm³/mol. The third-order valence-electron chi connectivity index (χ3n) is 3.01. The van der Waals surface area contributed by atoms with Gasteiger partial charge in [0.1, 0.15) is 11.6 Å². The number of halogens is 2. The largest absolute Gasteiger partial charge is 0.323 e. The normalized spacial score (nSPS) is 13.0. The van der Waals surface area contributed by atoms with Crippen molar-refractivity contribution in [1.29, 1.82) is 0 Å². The van der Waals surface area contributed by atoms with E-state index in [1.807, 2.05) is 7.05 Å². The van der Waals surface area contributed by atoms with E-state index >= 15 is 0 Å². The highest BCUT2D eigenvalue weighted by molar-refractivity contribution is 5.22. The highest BCUT2D eigenvalue weighted by Crippen LogP contribution is 2.17. The van der Waals surface area contributed by atoms with Crippen molar-refractivity contribution in [2.45, 2.75) is 32.2 Å². The van der Waals surface area contributed by atoms with Gasteiger partial charge in [0.05, 0.1) is 0 Å². The molecule has 0 aliphatic rings. The standard InChI is InChI=1S/C14H22F2N2/c1-3-4-5-8-18(2)10-14(17)12-9-11(15)6-7-13(12)16/h6-7,9,14H,3-5,8,10,17H2,1-2H3. The highest BCUT2D eigenvalue weighted by atomic mass is 19.1. The van der Waals surface area contributed by atoms with Crippen LogP contribution in [0.4, 0.5) is 8.78 Å². The van der Waals surface area contributed by atoms with Crippen molar-refractivity contribution in [2.75, 3.05) is 20.1 Å². The van der Waals surface area contributed by atoms with Crippen molar-refractivity contribution in [3.05, 3.63) is 35.4 Å². The number of unbranched alkanes of at least 4 members (excludes halogenated alkanes) is 2. The molecule has 0 spiro atoms. The quantitative estimate of drug-likeness (QED) is 0.760. The molecule has 0 saturated heterocycles. The summed E-state index contributed by atoms with van der Waals surface area (Å²) in [5.74, 6) is -0.888. The summed E-state index contributed by atoms with van der Waals surface area (Å²) in [6.07, 6.45) is 3.44. The molecule has 1 unspecified atom stereocenters. The molecule has 0 aliphatic carbocycles. The van der Waals surface area contributed by atoms with Crippen LogP contribution in [-0.4, -0.2) is 25.0 Å². The van der Waals surface area contributed by atoms with Crippen LogP contribution in [0.15, 0.2) is 18.2 Å². The van der Waals surface area contributed by atoms with E-state index in [1.54, 1.807) is 0 Å². The average molecular weight is 256 g/mol. The summed E-state index contributed by atoms with van der Waals surface area (Å²) in [4.78, 5) is 2.06. The Morgan fingerprint density at radius 3 is 2.67 bits per heavy atom. The van der Waals surface area contributed by atoms with Crippen LogP contribution in [0.5, 0.6) is 0 Å². The first kappa shape index (κ1) is 15.1. The van der Waals surface area contributed by atoms with Crippen LogP contribution in [0.1, 0.15) is 37.8 Å². The van der Waals surface area contributed by atoms with Gasteiger partial charge in [0.2, 0.25) is 0 Å². The van der Waals surface area contributed by atoms with Crippen LogP contribution in [0, 0.1) is 11.6 Å². The van der Waals surface area contributed by atoms with Crippen molar-refractivity contribution < 1.29 is 8.78 Å². The van der Waals surface area contributed by atoms with Crippen molar-refractivity contribution in [1.82, 2.24) is 4.90 Å². The molecule has 1 aromatic carbocycles. The van der Waals surface area contributed by atoms with Crippen molar-refractivity contribution in [3.63, 3.8) is 0 Å². The molecule has 1 rings (SSSR count). The maximum absolute atomic E-state index is 13.5. The molecule has 0 aromatic heterocycles. The Morgan fingerprint density at radius 1 is 1.28 bits per heavy atom. The molecule has 18 heavy (non-hydrogen) atoms. The number of nitrogens with two attached hydrogens (primary N) is 1. The molecule has 0 aliphatic heterocycles. The second-order valence-electron chi connectivity index (χ2n) is 4.74. The highest BCUT2D eigenvalue weighted by Gasteiger charge is 2.14. The monoisotopic (exact) mass is 256 g/mol. The van der Waals surface area contributed by atoms with Gasteiger partial charge in [-0.05, 0) is 38.2 Å². The minimum atomic E-state index is -0.493. The van der Waals surface area contributed by atoms with Gasteiger partial charge in [0.25, 0.3) is 0 Å². The van der Waals surface area contributed by atoms with E-state index in [9.17, 15) is 8.78 Å². The van der Waals surface area contributed by atoms with Gasteiger partial charge >= 0.3 is 0 Å². The Kier molecular flexibility index (Phi) is 6.22. The van der Waals surface area contributed by atoms with E-state index in [1.165, 1.54) is 18.9 Å². The summed E-state index contributed by atoms with van der Waals surface area (Å²) in [5.41, 5.74) is 6.17. The smallest absolute Gasteiger partial charge is 0.128 e. The lowest BCUT2D eigenvalue weighted by molar-refractivity contribution is 0.302. The zero-order chi connectivity index (χ0) is 13.5. The third-order valence-corrected chi connectivity index (χ3v) is 3.01. The molecule has 1 aromatic rings. The minimum Gasteiger partial charge on any atom is -0.323 e. The van der Waals surface area contributed by atoms with Crippen LogP contribution in [0.2, 0.25) is 0 Å². The summed E-state index contributed by atoms with van der Waals surface area (Å²) in [5, 5.41) is 0. The first-order chi connectivity index (χ1) is 8.54. The van der Waals surface area contributed by atoms with Gasteiger partial charge in [-0.2, -0.15) is 0 Å². The molecule has 0 saturated carbocycles. The van der Waals surface area contributed by atoms with Crippen LogP contribution in [0.3, 0.4) is 0 Å². The fraction of sp³-hybridized carbons (Fsp3) is 0.571. The van der Waals surface area contributed by atoms with Gasteiger partial charge in [-0.1, -0.05) is 19.8 Å². The lowest BCUT2D eigenvalue weighted by Crippen LogP contribution is -2.30. The molecule has 102 valence electrons. The van der Waals surface area contributed by atoms with E-state index in [0.717, 1.165) is 25.1 Å². The van der Waals surface area contributed by atoms with Crippen LogP contribution in [0.25, 0.3) is 0 Å². The maximum Gasteiger partial charge on any atom is 0.128 e. The first-order valence-corrected chi connectivity index (χ1v) is 6.43. The average Bonchev–Trinajstić information content (AvgIpc) is 2.32. The summed E-state index contributed by atoms with van der Waals surface area (Å²) in [6.45, 7) is 3.61. The molecule has 0 fully saturated rings. The summed E-state index contributed by atoms with van der Waals surface area (Å²) < 4.78 is 26.6. The SMILES string of the molecule is CCCCCN(C)CC(N)c1cc(F)ccc1F. The molecule has 2 N–H and O–H groups in total. The predicted octanol–water partition coefficient (Wildman–Crippen LogP) is 3.09. The topological polar surface area (TPSA) is 29.3 Å². The number of rotatable bonds is 7. The summed E-state index contributed by atoms with van der Waals surface area (Å²) >= 11 is 0. The van der Waals surface area contributed by atoms with Crippen molar-refractivity contribution in [3.8, 4) is 0 Å². The first-order valence-electron chi connectivity index (χ1n) is 6.43. The molecular weight excluding hydrogens is 234 g/mol. The summed E-state index contributed by atoms with van der Waals surface area (Å²) in [7, 11) is 1.95. The van der Waals surface area contributed by atoms with Gasteiger partial charge in [0.15, 0.2) is 0 Å². The fourth-order valence-electron chi connectivity index (χ4n) is 1.96. The van der Waals surface area contributed by atoms with E-state index < -0.39 is 17.7 Å². The Labute approximate surface area is 108 Å². The van der Waals surface area contributed by atoms with E-state index in [-0.39, 0.29) is 5.56 Å². The second kappa shape index (κ2) is 7.44. The van der Waals surface area contributed by atoms with Crippen LogP contribution in [-0.2, 0) is 0 Å². The third kappa shape index (κ3) is 4.70. The van der Waals surface area contributed by atoms with E-state index in [4.69, 9.17) is 5.73 Å². The number of hydrogen-bond donors (Lipinski definition) is 1. The Hall–Kier alpha value is -1.00. The van der Waals surface area contributed by atoms with Gasteiger partial charge in [0, 0.05) is 18.2 Å². The van der Waals surface area contributed by atoms with Gasteiger partial charge in [-0.15, -0.1) is 0 Å². The molecule has 0 heterocycles. The Morgan fingerprint density at radius 2 is 2.00 bits per heavy atom. The minimum absolute atomic E-state index is 0.248. The van der Waals surface area contributed by atoms with Crippen LogP contribution < -0.4 is 5.73 Å². The van der Waals surface area contributed by atoms with E-state index in [0.29, 0.717) is 6.54 Å². The number of likely N-dealkylation sites (N-methyl/N-ethyl adjacent to an activating group) is 1. The molecule has 0 bridgehead atoms. The van der Waals surface area contributed by atoms with Crippen LogP contribution >= 0.6 is 0 Å². The van der Waals surface area contributed by atoms with Crippen molar-refractivity contribution in [2.24, 2.45) is 5.73 Å². The van der Waals surface area contributed by atoms with Crippen molar-refractivity contribution >= 4 is 0 Å². The second-order valence-corrected chi connectivity index (χ2v) is 4.74. The number of hydrogen-bond acceptors (Lipinski definition) is 2. The number of benzene rings is 1. The van der Waals surface area contributed by atoms with E-state index in [2.05, 4.69) is 11.8 Å². The lowest BCUT2D eigenvalue weighted by Gasteiger charge is -2.21. The summed E-state index contributed by atoms with van der Waals surface area (Å²) in [6, 6.07) is 2.92. The number of nitrogens with zero attached hydrogens (tertiary/aromatic N) is 1. The Balaban J connectivity index is 2.53. The van der Waals surface area contributed by atoms with Gasteiger partial charge < -0.3 is 10.6 Å². The maximum atomic E-state index is 13.5. The zero-order valence-electron chi connectivity index (χ0n) is 11.1. The molecule has 4 heteroatoms. The lowest BCUT2D eigenvalue weighted by atomic mass is 10.1. The Bertz CT molecular complexity index is 369. The molecule has 2 nitrogen and oxygen atoms in total. The van der Waals surface area contributed by atoms with Gasteiger partial charge in [-0.3, -0.25) is 0 Å². The molecule has 0 radical (unpaired) electrons. The molecule has 0 amide bonds.